The molecule has 0 spiro atoms. The minimum atomic E-state index is 0.0176. The molecule has 1 aliphatic heterocycles. The van der Waals surface area contributed by atoms with Crippen molar-refractivity contribution in [2.24, 2.45) is 5.92 Å². The third kappa shape index (κ3) is 5.63. The Bertz CT molecular complexity index is 504. The molecular weight excluding hydrogens is 288 g/mol. The monoisotopic (exact) mass is 318 g/mol. The molecule has 1 atom stereocenters. The van der Waals surface area contributed by atoms with Gasteiger partial charge in [-0.3, -0.25) is 4.79 Å². The Morgan fingerprint density at radius 2 is 2.17 bits per heavy atom. The van der Waals surface area contributed by atoms with E-state index in [1.165, 1.54) is 24.9 Å². The summed E-state index contributed by atoms with van der Waals surface area (Å²) in [6, 6.07) is 8.14. The molecule has 2 rings (SSSR count). The zero-order valence-corrected chi connectivity index (χ0v) is 14.5. The maximum absolute atomic E-state index is 12.6. The van der Waals surface area contributed by atoms with Crippen molar-refractivity contribution in [1.82, 2.24) is 9.80 Å². The van der Waals surface area contributed by atoms with Crippen LogP contribution in [0.3, 0.4) is 0 Å². The summed E-state index contributed by atoms with van der Waals surface area (Å²) >= 11 is 0. The number of hydrogen-bond donors (Lipinski definition) is 1. The first-order valence-electron chi connectivity index (χ1n) is 8.72. The standard InChI is InChI=1S/C19H30N2O2/c1-16-6-3-4-8-18(16)15-21(12-13-22)19(23)10-9-17-7-5-11-20(2)14-17/h3-4,6,8,17,22H,5,7,9-15H2,1-2H3/t17-/m0/s1. The molecule has 128 valence electrons. The number of aliphatic hydroxyl groups excluding tert-OH is 1. The molecule has 0 bridgehead atoms. The van der Waals surface area contributed by atoms with Crippen molar-refractivity contribution < 1.29 is 9.90 Å². The Balaban J connectivity index is 1.89. The lowest BCUT2D eigenvalue weighted by atomic mass is 9.93. The SMILES string of the molecule is Cc1ccccc1CN(CCO)C(=O)CC[C@@H]1CCCN(C)C1. The zero-order chi connectivity index (χ0) is 16.7. The van der Waals surface area contributed by atoms with Crippen molar-refractivity contribution in [3.05, 3.63) is 35.4 Å². The molecule has 0 unspecified atom stereocenters. The second-order valence-corrected chi connectivity index (χ2v) is 6.77. The predicted octanol–water partition coefficient (Wildman–Crippen LogP) is 2.44. The average Bonchev–Trinajstić information content (AvgIpc) is 2.54. The molecule has 1 heterocycles. The third-order valence-electron chi connectivity index (χ3n) is 4.83. The lowest BCUT2D eigenvalue weighted by molar-refractivity contribution is -0.132. The van der Waals surface area contributed by atoms with Crippen LogP contribution in [0.4, 0.5) is 0 Å². The molecule has 1 amide bonds. The van der Waals surface area contributed by atoms with Crippen LogP contribution in [0.25, 0.3) is 0 Å². The Hall–Kier alpha value is -1.39. The fraction of sp³-hybridized carbons (Fsp3) is 0.632. The summed E-state index contributed by atoms with van der Waals surface area (Å²) in [5.41, 5.74) is 2.35. The highest BCUT2D eigenvalue weighted by Gasteiger charge is 2.20. The molecule has 1 aromatic carbocycles. The number of carbonyl (C=O) groups excluding carboxylic acids is 1. The molecule has 4 heteroatoms. The Kier molecular flexibility index (Phi) is 7.06. The molecule has 1 aliphatic rings. The maximum atomic E-state index is 12.6. The Labute approximate surface area is 140 Å². The highest BCUT2D eigenvalue weighted by Crippen LogP contribution is 2.21. The Morgan fingerprint density at radius 1 is 1.39 bits per heavy atom. The number of likely N-dealkylation sites (tertiary alicyclic amines) is 1. The summed E-state index contributed by atoms with van der Waals surface area (Å²) in [5, 5.41) is 9.28. The molecule has 1 saturated heterocycles. The van der Waals surface area contributed by atoms with Crippen LogP contribution in [-0.4, -0.2) is 54.1 Å². The van der Waals surface area contributed by atoms with Crippen molar-refractivity contribution in [2.75, 3.05) is 33.3 Å². The van der Waals surface area contributed by atoms with E-state index < -0.39 is 0 Å². The normalized spacial score (nSPS) is 18.8. The van der Waals surface area contributed by atoms with E-state index >= 15 is 0 Å². The number of amides is 1. The fourth-order valence-corrected chi connectivity index (χ4v) is 3.40. The first-order chi connectivity index (χ1) is 11.1. The molecule has 23 heavy (non-hydrogen) atoms. The second-order valence-electron chi connectivity index (χ2n) is 6.77. The van der Waals surface area contributed by atoms with Crippen LogP contribution < -0.4 is 0 Å². The highest BCUT2D eigenvalue weighted by molar-refractivity contribution is 5.76. The van der Waals surface area contributed by atoms with Crippen LogP contribution in [0.5, 0.6) is 0 Å². The van der Waals surface area contributed by atoms with Crippen LogP contribution in [0.2, 0.25) is 0 Å². The highest BCUT2D eigenvalue weighted by atomic mass is 16.3. The van der Waals surface area contributed by atoms with E-state index in [1.54, 1.807) is 4.90 Å². The van der Waals surface area contributed by atoms with Gasteiger partial charge in [0.25, 0.3) is 0 Å². The van der Waals surface area contributed by atoms with Crippen LogP contribution in [-0.2, 0) is 11.3 Å². The fourth-order valence-electron chi connectivity index (χ4n) is 3.40. The van der Waals surface area contributed by atoms with Gasteiger partial charge in [0.05, 0.1) is 6.61 Å². The van der Waals surface area contributed by atoms with Gasteiger partial charge in [-0.25, -0.2) is 0 Å². The molecule has 1 N–H and O–H groups in total. The van der Waals surface area contributed by atoms with Crippen molar-refractivity contribution in [2.45, 2.75) is 39.2 Å². The van der Waals surface area contributed by atoms with Gasteiger partial charge in [-0.15, -0.1) is 0 Å². The van der Waals surface area contributed by atoms with Gasteiger partial charge < -0.3 is 14.9 Å². The van der Waals surface area contributed by atoms with Crippen LogP contribution in [0.1, 0.15) is 36.8 Å². The van der Waals surface area contributed by atoms with E-state index in [0.717, 1.165) is 18.5 Å². The lowest BCUT2D eigenvalue weighted by Gasteiger charge is -2.30. The average molecular weight is 318 g/mol. The minimum Gasteiger partial charge on any atom is -0.395 e. The number of hydrogen-bond acceptors (Lipinski definition) is 3. The lowest BCUT2D eigenvalue weighted by Crippen LogP contribution is -2.35. The molecule has 0 aromatic heterocycles. The van der Waals surface area contributed by atoms with Gasteiger partial charge in [0.2, 0.25) is 5.91 Å². The first kappa shape index (κ1) is 18.0. The number of aryl methyl sites for hydroxylation is 1. The third-order valence-corrected chi connectivity index (χ3v) is 4.83. The van der Waals surface area contributed by atoms with Gasteiger partial charge in [0.15, 0.2) is 0 Å². The molecular formula is C19H30N2O2. The molecule has 0 radical (unpaired) electrons. The Morgan fingerprint density at radius 3 is 2.87 bits per heavy atom. The smallest absolute Gasteiger partial charge is 0.222 e. The first-order valence-corrected chi connectivity index (χ1v) is 8.72. The van der Waals surface area contributed by atoms with Crippen LogP contribution in [0.15, 0.2) is 24.3 Å². The van der Waals surface area contributed by atoms with Gasteiger partial charge in [-0.2, -0.15) is 0 Å². The zero-order valence-electron chi connectivity index (χ0n) is 14.5. The summed E-state index contributed by atoms with van der Waals surface area (Å²) in [6.07, 6.45) is 4.01. The van der Waals surface area contributed by atoms with E-state index in [9.17, 15) is 9.90 Å². The van der Waals surface area contributed by atoms with E-state index in [2.05, 4.69) is 31.0 Å². The summed E-state index contributed by atoms with van der Waals surface area (Å²) < 4.78 is 0. The van der Waals surface area contributed by atoms with Crippen molar-refractivity contribution in [1.29, 1.82) is 0 Å². The van der Waals surface area contributed by atoms with E-state index in [1.807, 2.05) is 12.1 Å². The quantitative estimate of drug-likeness (QED) is 0.840. The molecule has 4 nitrogen and oxygen atoms in total. The van der Waals surface area contributed by atoms with E-state index in [-0.39, 0.29) is 12.5 Å². The minimum absolute atomic E-state index is 0.0176. The predicted molar refractivity (Wildman–Crippen MR) is 93.1 cm³/mol. The van der Waals surface area contributed by atoms with Gasteiger partial charge in [-0.1, -0.05) is 24.3 Å². The number of rotatable bonds is 7. The largest absolute Gasteiger partial charge is 0.395 e. The van der Waals surface area contributed by atoms with Crippen molar-refractivity contribution >= 4 is 5.91 Å². The number of piperidine rings is 1. The van der Waals surface area contributed by atoms with Gasteiger partial charge in [0, 0.05) is 26.1 Å². The van der Waals surface area contributed by atoms with Gasteiger partial charge >= 0.3 is 0 Å². The van der Waals surface area contributed by atoms with Gasteiger partial charge in [-0.05, 0) is 56.8 Å². The molecule has 1 aromatic rings. The van der Waals surface area contributed by atoms with E-state index in [4.69, 9.17) is 0 Å². The summed E-state index contributed by atoms with van der Waals surface area (Å²) in [6.45, 7) is 5.37. The summed E-state index contributed by atoms with van der Waals surface area (Å²) in [7, 11) is 2.16. The van der Waals surface area contributed by atoms with Crippen molar-refractivity contribution in [3.63, 3.8) is 0 Å². The van der Waals surface area contributed by atoms with Crippen LogP contribution in [0, 0.1) is 12.8 Å². The maximum Gasteiger partial charge on any atom is 0.222 e. The second kappa shape index (κ2) is 9.04. The van der Waals surface area contributed by atoms with Gasteiger partial charge in [0.1, 0.15) is 0 Å². The summed E-state index contributed by atoms with van der Waals surface area (Å²) in [5.74, 6) is 0.794. The number of benzene rings is 1. The number of nitrogens with zero attached hydrogens (tertiary/aromatic N) is 2. The summed E-state index contributed by atoms with van der Waals surface area (Å²) in [4.78, 5) is 16.7. The topological polar surface area (TPSA) is 43.8 Å². The molecule has 0 aliphatic carbocycles. The molecule has 1 fully saturated rings. The number of aliphatic hydroxyl groups is 1. The van der Waals surface area contributed by atoms with E-state index in [0.29, 0.717) is 25.4 Å². The van der Waals surface area contributed by atoms with Crippen LogP contribution >= 0.6 is 0 Å². The van der Waals surface area contributed by atoms with Crippen molar-refractivity contribution in [3.8, 4) is 0 Å². The number of carbonyl (C=O) groups is 1. The molecule has 0 saturated carbocycles.